The van der Waals surface area contributed by atoms with Gasteiger partial charge in [0.05, 0.1) is 25.7 Å². The molecule has 1 atom stereocenters. The predicted octanol–water partition coefficient (Wildman–Crippen LogP) is 11.7. The van der Waals surface area contributed by atoms with Crippen LogP contribution in [0.2, 0.25) is 0 Å². The van der Waals surface area contributed by atoms with Crippen molar-refractivity contribution in [3.05, 3.63) is 0 Å². The Kier molecular flexibility index (Phi) is 43.3. The number of hydrogen-bond acceptors (Lipinski definition) is 5. The van der Waals surface area contributed by atoms with E-state index in [-0.39, 0.29) is 6.03 Å². The molecule has 1 unspecified atom stereocenters. The van der Waals surface area contributed by atoms with E-state index in [0.29, 0.717) is 25.1 Å². The summed E-state index contributed by atoms with van der Waals surface area (Å²) >= 11 is 0. The molecule has 0 spiro atoms. The van der Waals surface area contributed by atoms with Gasteiger partial charge in [-0.05, 0) is 47.0 Å². The van der Waals surface area contributed by atoms with E-state index in [4.69, 9.17) is 14.3 Å². The van der Waals surface area contributed by atoms with Crippen LogP contribution in [0.25, 0.3) is 0 Å². The highest BCUT2D eigenvalue weighted by molar-refractivity contribution is 7.44. The monoisotopic (exact) mass is 645 g/mol. The number of nitriles is 1. The minimum atomic E-state index is -1.11. The molecule has 8 heteroatoms. The van der Waals surface area contributed by atoms with Gasteiger partial charge < -0.3 is 19.7 Å². The third-order valence-electron chi connectivity index (χ3n) is 7.04. The lowest BCUT2D eigenvalue weighted by atomic mass is 10.1. The maximum Gasteiger partial charge on any atom is 0.314 e. The number of nitrogens with zero attached hydrogens (tertiary/aromatic N) is 2. The van der Waals surface area contributed by atoms with Gasteiger partial charge in [0.25, 0.3) is 8.53 Å². The van der Waals surface area contributed by atoms with E-state index in [9.17, 15) is 4.79 Å². The fraction of sp³-hybridized carbons (Fsp3) is 0.944. The molecule has 0 aliphatic carbocycles. The first-order valence-corrected chi connectivity index (χ1v) is 19.8. The second-order valence-electron chi connectivity index (χ2n) is 11.6. The first-order valence-electron chi connectivity index (χ1n) is 18.7. The van der Waals surface area contributed by atoms with Gasteiger partial charge in [-0.2, -0.15) is 5.26 Å². The first kappa shape index (κ1) is 47.5. The Balaban J connectivity index is -0.00000402. The zero-order valence-electron chi connectivity index (χ0n) is 31.0. The van der Waals surface area contributed by atoms with Gasteiger partial charge in [0, 0.05) is 25.2 Å². The highest BCUT2D eigenvalue weighted by Crippen LogP contribution is 2.46. The lowest BCUT2D eigenvalue weighted by molar-refractivity contribution is 0.174. The normalized spacial score (nSPS) is 11.4. The second-order valence-corrected chi connectivity index (χ2v) is 13.0. The van der Waals surface area contributed by atoms with Crippen LogP contribution in [0.4, 0.5) is 4.79 Å². The summed E-state index contributed by atoms with van der Waals surface area (Å²) in [6.45, 7) is 21.7. The molecular formula is C36H77N4O3P. The first-order chi connectivity index (χ1) is 21.4. The van der Waals surface area contributed by atoms with E-state index in [1.807, 2.05) is 27.7 Å². The quantitative estimate of drug-likeness (QED) is 0.0625. The molecule has 0 aromatic carbocycles. The van der Waals surface area contributed by atoms with Crippen LogP contribution in [-0.4, -0.2) is 49.1 Å². The Hall–Kier alpha value is -0.930. The fourth-order valence-electron chi connectivity index (χ4n) is 4.82. The number of rotatable bonds is 29. The Morgan fingerprint density at radius 2 is 1.00 bits per heavy atom. The number of carbonyl (C=O) groups is 1. The molecule has 0 radical (unpaired) electrons. The zero-order valence-corrected chi connectivity index (χ0v) is 31.9. The van der Waals surface area contributed by atoms with Gasteiger partial charge in [-0.25, -0.2) is 9.46 Å². The largest absolute Gasteiger partial charge is 0.338 e. The van der Waals surface area contributed by atoms with Gasteiger partial charge in [0.15, 0.2) is 0 Å². The number of unbranched alkanes of at least 4 members (excludes halogenated alkanes) is 16. The summed E-state index contributed by atoms with van der Waals surface area (Å²) in [6.07, 6.45) is 22.9. The molecule has 0 rings (SSSR count). The Labute approximate surface area is 277 Å². The predicted molar refractivity (Wildman–Crippen MR) is 194 cm³/mol. The van der Waals surface area contributed by atoms with E-state index in [2.05, 4.69) is 56.0 Å². The van der Waals surface area contributed by atoms with E-state index in [1.165, 1.54) is 96.3 Å². The zero-order chi connectivity index (χ0) is 33.7. The molecule has 264 valence electrons. The van der Waals surface area contributed by atoms with Gasteiger partial charge in [0.2, 0.25) is 0 Å². The molecule has 2 N–H and O–H groups in total. The van der Waals surface area contributed by atoms with Crippen LogP contribution in [-0.2, 0) is 9.05 Å². The molecule has 0 saturated heterocycles. The molecule has 0 fully saturated rings. The molecule has 0 aliphatic rings. The lowest BCUT2D eigenvalue weighted by Gasteiger charge is -2.35. The molecule has 0 bridgehead atoms. The number of urea groups is 1. The van der Waals surface area contributed by atoms with E-state index in [0.717, 1.165) is 39.0 Å². The van der Waals surface area contributed by atoms with Gasteiger partial charge >= 0.3 is 6.03 Å². The SMILES string of the molecule is CC.CC.CCCCCCCCCCNC(=O)NCCCCCCCCCCCCOP(OCCC#N)N(C(C)C)C(C)C. The van der Waals surface area contributed by atoms with E-state index < -0.39 is 8.53 Å². The van der Waals surface area contributed by atoms with Crippen molar-refractivity contribution in [3.8, 4) is 6.07 Å². The summed E-state index contributed by atoms with van der Waals surface area (Å²) in [5.41, 5.74) is 0. The van der Waals surface area contributed by atoms with Gasteiger partial charge in [0.1, 0.15) is 0 Å². The molecule has 0 aromatic rings. The summed E-state index contributed by atoms with van der Waals surface area (Å²) in [7, 11) is -1.11. The Morgan fingerprint density at radius 1 is 0.636 bits per heavy atom. The van der Waals surface area contributed by atoms with Gasteiger partial charge in [-0.15, -0.1) is 0 Å². The average molecular weight is 645 g/mol. The summed E-state index contributed by atoms with van der Waals surface area (Å²) in [4.78, 5) is 11.9. The minimum absolute atomic E-state index is 0.00588. The molecule has 0 aromatic heterocycles. The highest BCUT2D eigenvalue weighted by atomic mass is 31.2. The summed E-state index contributed by atoms with van der Waals surface area (Å²) in [5, 5.41) is 14.8. The summed E-state index contributed by atoms with van der Waals surface area (Å²) < 4.78 is 14.4. The molecule has 0 aliphatic heterocycles. The minimum Gasteiger partial charge on any atom is -0.338 e. The van der Waals surface area contributed by atoms with E-state index >= 15 is 0 Å². The third kappa shape index (κ3) is 34.0. The van der Waals surface area contributed by atoms with Crippen molar-refractivity contribution in [3.63, 3.8) is 0 Å². The van der Waals surface area contributed by atoms with E-state index in [1.54, 1.807) is 0 Å². The van der Waals surface area contributed by atoms with Crippen molar-refractivity contribution < 1.29 is 13.8 Å². The molecule has 44 heavy (non-hydrogen) atoms. The maximum absolute atomic E-state index is 11.9. The van der Waals surface area contributed by atoms with Crippen LogP contribution in [0.15, 0.2) is 0 Å². The molecule has 2 amide bonds. The summed E-state index contributed by atoms with van der Waals surface area (Å²) in [6, 6.07) is 2.84. The van der Waals surface area contributed by atoms with Crippen LogP contribution in [0, 0.1) is 11.3 Å². The number of carbonyl (C=O) groups excluding carboxylic acids is 1. The van der Waals surface area contributed by atoms with Crippen LogP contribution in [0.3, 0.4) is 0 Å². The topological polar surface area (TPSA) is 86.6 Å². The average Bonchev–Trinajstić information content (AvgIpc) is 3.02. The van der Waals surface area contributed by atoms with Crippen LogP contribution < -0.4 is 10.6 Å². The Morgan fingerprint density at radius 3 is 1.39 bits per heavy atom. The van der Waals surface area contributed by atoms with Gasteiger partial charge in [-0.1, -0.05) is 131 Å². The van der Waals surface area contributed by atoms with Crippen molar-refractivity contribution >= 4 is 14.6 Å². The van der Waals surface area contributed by atoms with Crippen molar-refractivity contribution in [2.45, 2.75) is 196 Å². The van der Waals surface area contributed by atoms with Gasteiger partial charge in [-0.3, -0.25) is 0 Å². The number of amides is 2. The van der Waals surface area contributed by atoms with Crippen molar-refractivity contribution in [1.29, 1.82) is 5.26 Å². The second kappa shape index (κ2) is 40.1. The van der Waals surface area contributed by atoms with Crippen LogP contribution in [0.1, 0.15) is 184 Å². The number of hydrogen-bond donors (Lipinski definition) is 2. The highest BCUT2D eigenvalue weighted by Gasteiger charge is 2.26. The Bertz CT molecular complexity index is 594. The number of nitrogens with one attached hydrogen (secondary N) is 2. The van der Waals surface area contributed by atoms with Crippen LogP contribution in [0.5, 0.6) is 0 Å². The van der Waals surface area contributed by atoms with Crippen molar-refractivity contribution in [2.75, 3.05) is 26.3 Å². The molecule has 7 nitrogen and oxygen atoms in total. The molecular weight excluding hydrogens is 567 g/mol. The smallest absolute Gasteiger partial charge is 0.314 e. The fourth-order valence-corrected chi connectivity index (χ4v) is 6.45. The van der Waals surface area contributed by atoms with Crippen molar-refractivity contribution in [2.24, 2.45) is 0 Å². The molecule has 0 heterocycles. The van der Waals surface area contributed by atoms with Crippen molar-refractivity contribution in [1.82, 2.24) is 15.3 Å². The third-order valence-corrected chi connectivity index (χ3v) is 9.14. The van der Waals surface area contributed by atoms with Crippen LogP contribution >= 0.6 is 8.53 Å². The lowest BCUT2D eigenvalue weighted by Crippen LogP contribution is -2.36. The molecule has 0 saturated carbocycles. The summed E-state index contributed by atoms with van der Waals surface area (Å²) in [5.74, 6) is 0. The maximum atomic E-state index is 11.9. The standard InChI is InChI=1S/C32H65N4O3P.2C2H6/c1-6-7-8-9-10-15-18-21-26-34-32(37)35-27-22-19-16-13-11-12-14-17-20-23-28-38-40(39-29-24-25-33)36(30(2)3)31(4)5;2*1-2/h30-31H,6-24,26-29H2,1-5H3,(H2,34,35,37);2*1-2H3.